The van der Waals surface area contributed by atoms with E-state index in [0.717, 1.165) is 9.26 Å². The second-order valence-electron chi connectivity index (χ2n) is 4.17. The van der Waals surface area contributed by atoms with Crippen LogP contribution in [-0.2, 0) is 9.59 Å². The molecule has 1 aromatic carbocycles. The van der Waals surface area contributed by atoms with Crippen molar-refractivity contribution in [3.63, 3.8) is 0 Å². The third kappa shape index (κ3) is 2.96. The summed E-state index contributed by atoms with van der Waals surface area (Å²) in [4.78, 5) is 24.8. The summed E-state index contributed by atoms with van der Waals surface area (Å²) >= 11 is 2.21. The molecule has 1 saturated heterocycles. The van der Waals surface area contributed by atoms with Crippen LogP contribution in [0, 0.1) is 9.49 Å². The fraction of sp³-hybridized carbons (Fsp3) is 0.333. The lowest BCUT2D eigenvalue weighted by Crippen LogP contribution is -2.25. The number of nitrogens with zero attached hydrogens (tertiary/aromatic N) is 1. The fourth-order valence-corrected chi connectivity index (χ4v) is 2.18. The lowest BCUT2D eigenvalue weighted by Gasteiger charge is -2.11. The Bertz CT molecular complexity index is 444. The van der Waals surface area contributed by atoms with Crippen LogP contribution in [0.25, 0.3) is 0 Å². The molecule has 1 aliphatic heterocycles. The van der Waals surface area contributed by atoms with Crippen LogP contribution in [0.1, 0.15) is 6.42 Å². The molecule has 1 fully saturated rings. The van der Waals surface area contributed by atoms with Gasteiger partial charge >= 0.3 is 0 Å². The van der Waals surface area contributed by atoms with E-state index in [1.54, 1.807) is 11.9 Å². The van der Waals surface area contributed by atoms with E-state index in [0.29, 0.717) is 13.0 Å². The van der Waals surface area contributed by atoms with Crippen molar-refractivity contribution < 1.29 is 9.59 Å². The van der Waals surface area contributed by atoms with Gasteiger partial charge in [0.2, 0.25) is 11.8 Å². The summed E-state index contributed by atoms with van der Waals surface area (Å²) in [6, 6.07) is 7.59. The molecule has 5 heteroatoms. The number of carbonyl (C=O) groups excluding carboxylic acids is 2. The first kappa shape index (κ1) is 12.3. The quantitative estimate of drug-likeness (QED) is 0.831. The molecule has 0 unspecified atom stereocenters. The van der Waals surface area contributed by atoms with Gasteiger partial charge in [0.05, 0.1) is 5.92 Å². The first-order chi connectivity index (χ1) is 8.06. The average molecular weight is 344 g/mol. The van der Waals surface area contributed by atoms with Gasteiger partial charge in [-0.25, -0.2) is 0 Å². The summed E-state index contributed by atoms with van der Waals surface area (Å²) in [5, 5.41) is 2.83. The maximum atomic E-state index is 11.9. The van der Waals surface area contributed by atoms with Crippen molar-refractivity contribution in [2.45, 2.75) is 6.42 Å². The molecule has 1 aliphatic rings. The van der Waals surface area contributed by atoms with Crippen LogP contribution in [0.2, 0.25) is 0 Å². The van der Waals surface area contributed by atoms with E-state index in [2.05, 4.69) is 27.9 Å². The highest BCUT2D eigenvalue weighted by molar-refractivity contribution is 14.1. The second-order valence-corrected chi connectivity index (χ2v) is 5.42. The van der Waals surface area contributed by atoms with Crippen LogP contribution >= 0.6 is 22.6 Å². The van der Waals surface area contributed by atoms with Crippen molar-refractivity contribution in [1.29, 1.82) is 0 Å². The maximum absolute atomic E-state index is 11.9. The zero-order valence-corrected chi connectivity index (χ0v) is 11.6. The predicted molar refractivity (Wildman–Crippen MR) is 73.5 cm³/mol. The molecule has 0 bridgehead atoms. The predicted octanol–water partition coefficient (Wildman–Crippen LogP) is 1.71. The molecular weight excluding hydrogens is 331 g/mol. The molecule has 0 aliphatic carbocycles. The minimum atomic E-state index is -0.230. The number of hydrogen-bond acceptors (Lipinski definition) is 2. The lowest BCUT2D eigenvalue weighted by atomic mass is 10.1. The van der Waals surface area contributed by atoms with Crippen LogP contribution in [-0.4, -0.2) is 30.3 Å². The number of halogens is 1. The second kappa shape index (κ2) is 5.03. The van der Waals surface area contributed by atoms with Crippen molar-refractivity contribution in [1.82, 2.24) is 4.90 Å². The van der Waals surface area contributed by atoms with Gasteiger partial charge in [-0.05, 0) is 46.9 Å². The molecule has 2 rings (SSSR count). The molecule has 1 atom stereocenters. The molecular formula is C12H13IN2O2. The minimum absolute atomic E-state index is 0.0350. The molecule has 1 heterocycles. The molecule has 0 radical (unpaired) electrons. The molecule has 1 N–H and O–H groups in total. The standard InChI is InChI=1S/C12H13IN2O2/c1-15-7-8(6-11(15)16)12(17)14-10-4-2-9(13)3-5-10/h2-5,8H,6-7H2,1H3,(H,14,17)/t8-/m0/s1. The van der Waals surface area contributed by atoms with Gasteiger partial charge in [-0.15, -0.1) is 0 Å². The zero-order valence-electron chi connectivity index (χ0n) is 9.44. The molecule has 0 aromatic heterocycles. The van der Waals surface area contributed by atoms with Gasteiger partial charge in [-0.2, -0.15) is 0 Å². The molecule has 0 saturated carbocycles. The van der Waals surface area contributed by atoms with Crippen molar-refractivity contribution >= 4 is 40.1 Å². The van der Waals surface area contributed by atoms with Gasteiger partial charge < -0.3 is 10.2 Å². The number of anilines is 1. The smallest absolute Gasteiger partial charge is 0.229 e. The van der Waals surface area contributed by atoms with Gasteiger partial charge in [0, 0.05) is 29.3 Å². The Balaban J connectivity index is 1.98. The molecule has 4 nitrogen and oxygen atoms in total. The highest BCUT2D eigenvalue weighted by atomic mass is 127. The fourth-order valence-electron chi connectivity index (χ4n) is 1.82. The minimum Gasteiger partial charge on any atom is -0.345 e. The van der Waals surface area contributed by atoms with Crippen LogP contribution < -0.4 is 5.32 Å². The number of likely N-dealkylation sites (tertiary alicyclic amines) is 1. The normalized spacial score (nSPS) is 19.5. The monoisotopic (exact) mass is 344 g/mol. The van der Waals surface area contributed by atoms with Gasteiger partial charge in [0.1, 0.15) is 0 Å². The van der Waals surface area contributed by atoms with Gasteiger partial charge in [0.15, 0.2) is 0 Å². The Morgan fingerprint density at radius 2 is 2.06 bits per heavy atom. The highest BCUT2D eigenvalue weighted by Gasteiger charge is 2.31. The Hall–Kier alpha value is -1.11. The van der Waals surface area contributed by atoms with Gasteiger partial charge in [0.25, 0.3) is 0 Å². The Morgan fingerprint density at radius 3 is 2.59 bits per heavy atom. The number of nitrogens with one attached hydrogen (secondary N) is 1. The van der Waals surface area contributed by atoms with E-state index in [-0.39, 0.29) is 17.7 Å². The van der Waals surface area contributed by atoms with Crippen molar-refractivity contribution in [3.8, 4) is 0 Å². The third-order valence-electron chi connectivity index (χ3n) is 2.82. The molecule has 0 spiro atoms. The Morgan fingerprint density at radius 1 is 1.41 bits per heavy atom. The van der Waals surface area contributed by atoms with E-state index in [1.807, 2.05) is 24.3 Å². The van der Waals surface area contributed by atoms with Crippen LogP contribution in [0.15, 0.2) is 24.3 Å². The maximum Gasteiger partial charge on any atom is 0.229 e. The molecule has 2 amide bonds. The van der Waals surface area contributed by atoms with Crippen molar-refractivity contribution in [2.75, 3.05) is 18.9 Å². The van der Waals surface area contributed by atoms with E-state index in [9.17, 15) is 9.59 Å². The zero-order chi connectivity index (χ0) is 12.4. The van der Waals surface area contributed by atoms with Gasteiger partial charge in [-0.1, -0.05) is 0 Å². The summed E-state index contributed by atoms with van der Waals surface area (Å²) in [5.41, 5.74) is 0.775. The molecule has 90 valence electrons. The highest BCUT2D eigenvalue weighted by Crippen LogP contribution is 2.19. The number of rotatable bonds is 2. The topological polar surface area (TPSA) is 49.4 Å². The summed E-state index contributed by atoms with van der Waals surface area (Å²) in [7, 11) is 1.72. The molecule has 1 aromatic rings. The van der Waals surface area contributed by atoms with Crippen LogP contribution in [0.5, 0.6) is 0 Å². The van der Waals surface area contributed by atoms with Crippen molar-refractivity contribution in [2.24, 2.45) is 5.92 Å². The number of carbonyl (C=O) groups is 2. The van der Waals surface area contributed by atoms with Crippen LogP contribution in [0.4, 0.5) is 5.69 Å². The summed E-state index contributed by atoms with van der Waals surface area (Å²) in [6.07, 6.45) is 0.312. The Labute approximate surface area is 114 Å². The van der Waals surface area contributed by atoms with E-state index in [1.165, 1.54) is 0 Å². The number of hydrogen-bond donors (Lipinski definition) is 1. The lowest BCUT2D eigenvalue weighted by molar-refractivity contribution is -0.127. The average Bonchev–Trinajstić information content (AvgIpc) is 2.63. The first-order valence-corrected chi connectivity index (χ1v) is 6.44. The Kier molecular flexibility index (Phi) is 3.66. The number of benzene rings is 1. The van der Waals surface area contributed by atoms with Crippen molar-refractivity contribution in [3.05, 3.63) is 27.8 Å². The summed E-state index contributed by atoms with van der Waals surface area (Å²) in [5.74, 6) is -0.275. The largest absolute Gasteiger partial charge is 0.345 e. The third-order valence-corrected chi connectivity index (χ3v) is 3.54. The van der Waals surface area contributed by atoms with Gasteiger partial charge in [-0.3, -0.25) is 9.59 Å². The molecule has 17 heavy (non-hydrogen) atoms. The SMILES string of the molecule is CN1C[C@@H](C(=O)Nc2ccc(I)cc2)CC1=O. The first-order valence-electron chi connectivity index (χ1n) is 5.36. The van der Waals surface area contributed by atoms with E-state index in [4.69, 9.17) is 0 Å². The summed E-state index contributed by atoms with van der Waals surface area (Å²) < 4.78 is 1.12. The number of amides is 2. The van der Waals surface area contributed by atoms with E-state index >= 15 is 0 Å². The van der Waals surface area contributed by atoms with Crippen LogP contribution in [0.3, 0.4) is 0 Å². The van der Waals surface area contributed by atoms with E-state index < -0.39 is 0 Å². The summed E-state index contributed by atoms with van der Waals surface area (Å²) in [6.45, 7) is 0.509.